The van der Waals surface area contributed by atoms with E-state index < -0.39 is 4.92 Å². The van der Waals surface area contributed by atoms with Crippen molar-refractivity contribution in [1.29, 1.82) is 0 Å². The van der Waals surface area contributed by atoms with Gasteiger partial charge in [0.1, 0.15) is 5.82 Å². The van der Waals surface area contributed by atoms with Gasteiger partial charge in [0.05, 0.1) is 4.92 Å². The molecule has 2 aromatic heterocycles. The van der Waals surface area contributed by atoms with Crippen LogP contribution in [-0.2, 0) is 7.05 Å². The van der Waals surface area contributed by atoms with E-state index in [0.717, 1.165) is 24.7 Å². The second-order valence-corrected chi connectivity index (χ2v) is 4.85. The van der Waals surface area contributed by atoms with E-state index in [9.17, 15) is 10.1 Å². The second kappa shape index (κ2) is 6.28. The van der Waals surface area contributed by atoms with Crippen LogP contribution >= 0.6 is 11.8 Å². The zero-order valence-electron chi connectivity index (χ0n) is 11.0. The molecule has 2 rings (SSSR count). The number of tetrazole rings is 1. The van der Waals surface area contributed by atoms with Crippen LogP contribution in [0.3, 0.4) is 0 Å². The predicted molar refractivity (Wildman–Crippen MR) is 72.6 cm³/mol. The third-order valence-electron chi connectivity index (χ3n) is 2.36. The van der Waals surface area contributed by atoms with Gasteiger partial charge >= 0.3 is 5.69 Å². The molecule has 10 heteroatoms. The number of nitro groups is 1. The zero-order valence-corrected chi connectivity index (χ0v) is 11.8. The van der Waals surface area contributed by atoms with Crippen molar-refractivity contribution in [1.82, 2.24) is 25.2 Å². The molecule has 0 fully saturated rings. The number of aromatic nitrogens is 5. The summed E-state index contributed by atoms with van der Waals surface area (Å²) in [6.45, 7) is 2.78. The molecule has 0 saturated carbocycles. The van der Waals surface area contributed by atoms with Crippen molar-refractivity contribution in [3.8, 4) is 0 Å². The van der Waals surface area contributed by atoms with E-state index in [1.807, 2.05) is 6.92 Å². The van der Waals surface area contributed by atoms with Gasteiger partial charge in [0.15, 0.2) is 5.03 Å². The molecule has 0 aliphatic heterocycles. The van der Waals surface area contributed by atoms with Crippen molar-refractivity contribution in [2.75, 3.05) is 11.9 Å². The number of rotatable bonds is 6. The topological polar surface area (TPSA) is 112 Å². The summed E-state index contributed by atoms with van der Waals surface area (Å²) >= 11 is 1.06. The highest BCUT2D eigenvalue weighted by atomic mass is 32.2. The molecule has 2 heterocycles. The molecule has 0 aliphatic carbocycles. The number of pyridine rings is 1. The summed E-state index contributed by atoms with van der Waals surface area (Å²) in [6, 6.07) is 3.02. The Morgan fingerprint density at radius 2 is 2.30 bits per heavy atom. The number of aryl methyl sites for hydroxylation is 1. The Hall–Kier alpha value is -2.23. The van der Waals surface area contributed by atoms with Crippen LogP contribution in [0.25, 0.3) is 0 Å². The Bertz CT molecular complexity index is 615. The van der Waals surface area contributed by atoms with E-state index in [1.54, 1.807) is 13.1 Å². The SMILES string of the molecule is CCCNc1ccc([N+](=O)[O-])c(Sc2nnnn2C)n1. The summed E-state index contributed by atoms with van der Waals surface area (Å²) in [5, 5.41) is 25.8. The maximum atomic E-state index is 11.0. The van der Waals surface area contributed by atoms with E-state index in [1.165, 1.54) is 10.7 Å². The third-order valence-corrected chi connectivity index (χ3v) is 3.38. The predicted octanol–water partition coefficient (Wildman–Crippen LogP) is 1.49. The van der Waals surface area contributed by atoms with Gasteiger partial charge in [-0.2, -0.15) is 0 Å². The molecule has 2 aromatic rings. The molecule has 0 bridgehead atoms. The van der Waals surface area contributed by atoms with Gasteiger partial charge in [0.2, 0.25) is 5.16 Å². The fraction of sp³-hybridized carbons (Fsp3) is 0.400. The van der Waals surface area contributed by atoms with Crippen molar-refractivity contribution >= 4 is 23.3 Å². The maximum absolute atomic E-state index is 11.0. The molecule has 0 spiro atoms. The minimum absolute atomic E-state index is 0.0694. The van der Waals surface area contributed by atoms with Crippen molar-refractivity contribution in [2.24, 2.45) is 7.05 Å². The Kier molecular flexibility index (Phi) is 4.45. The number of hydrogen-bond donors (Lipinski definition) is 1. The zero-order chi connectivity index (χ0) is 14.5. The average Bonchev–Trinajstić information content (AvgIpc) is 2.82. The van der Waals surface area contributed by atoms with Crippen molar-refractivity contribution in [3.05, 3.63) is 22.2 Å². The fourth-order valence-electron chi connectivity index (χ4n) is 1.39. The quantitative estimate of drug-likeness (QED) is 0.630. The molecule has 9 nitrogen and oxygen atoms in total. The summed E-state index contributed by atoms with van der Waals surface area (Å²) < 4.78 is 1.43. The van der Waals surface area contributed by atoms with Crippen LogP contribution in [0, 0.1) is 10.1 Å². The monoisotopic (exact) mass is 295 g/mol. The normalized spacial score (nSPS) is 10.5. The van der Waals surface area contributed by atoms with Crippen LogP contribution in [0.15, 0.2) is 22.3 Å². The van der Waals surface area contributed by atoms with E-state index in [2.05, 4.69) is 25.8 Å². The number of anilines is 1. The van der Waals surface area contributed by atoms with E-state index in [-0.39, 0.29) is 10.7 Å². The Morgan fingerprint density at radius 1 is 1.50 bits per heavy atom. The van der Waals surface area contributed by atoms with Gasteiger partial charge in [0.25, 0.3) is 0 Å². The summed E-state index contributed by atoms with van der Waals surface area (Å²) in [4.78, 5) is 14.8. The molecule has 0 aliphatic rings. The Balaban J connectivity index is 2.31. The maximum Gasteiger partial charge on any atom is 0.301 e. The molecule has 1 N–H and O–H groups in total. The highest BCUT2D eigenvalue weighted by Gasteiger charge is 2.19. The number of nitrogens with one attached hydrogen (secondary N) is 1. The highest BCUT2D eigenvalue weighted by Crippen LogP contribution is 2.32. The lowest BCUT2D eigenvalue weighted by molar-refractivity contribution is -0.388. The van der Waals surface area contributed by atoms with Crippen LogP contribution < -0.4 is 5.32 Å². The molecule has 20 heavy (non-hydrogen) atoms. The summed E-state index contributed by atoms with van der Waals surface area (Å²) in [6.07, 6.45) is 0.939. The standard InChI is InChI=1S/C10H13N7O2S/c1-3-6-11-8-5-4-7(17(18)19)9(12-8)20-10-13-14-15-16(10)2/h4-5H,3,6H2,1-2H3,(H,11,12). The Morgan fingerprint density at radius 3 is 2.90 bits per heavy atom. The minimum atomic E-state index is -0.470. The van der Waals surface area contributed by atoms with Crippen LogP contribution in [0.5, 0.6) is 0 Å². The van der Waals surface area contributed by atoms with Gasteiger partial charge in [0, 0.05) is 19.7 Å². The van der Waals surface area contributed by atoms with Gasteiger partial charge in [-0.25, -0.2) is 9.67 Å². The van der Waals surface area contributed by atoms with Crippen LogP contribution in [-0.4, -0.2) is 36.7 Å². The van der Waals surface area contributed by atoms with Gasteiger partial charge in [-0.15, -0.1) is 5.10 Å². The van der Waals surface area contributed by atoms with Crippen molar-refractivity contribution in [3.63, 3.8) is 0 Å². The molecular formula is C10H13N7O2S. The minimum Gasteiger partial charge on any atom is -0.370 e. The molecule has 106 valence electrons. The van der Waals surface area contributed by atoms with Gasteiger partial charge < -0.3 is 5.32 Å². The van der Waals surface area contributed by atoms with E-state index >= 15 is 0 Å². The van der Waals surface area contributed by atoms with Gasteiger partial charge in [-0.05, 0) is 34.7 Å². The smallest absolute Gasteiger partial charge is 0.301 e. The average molecular weight is 295 g/mol. The first kappa shape index (κ1) is 14.2. The molecule has 0 amide bonds. The molecule has 0 aromatic carbocycles. The van der Waals surface area contributed by atoms with Crippen molar-refractivity contribution in [2.45, 2.75) is 23.5 Å². The number of nitrogens with zero attached hydrogens (tertiary/aromatic N) is 6. The van der Waals surface area contributed by atoms with Crippen LogP contribution in [0.1, 0.15) is 13.3 Å². The molecule has 0 radical (unpaired) electrons. The lowest BCUT2D eigenvalue weighted by Crippen LogP contribution is -2.04. The van der Waals surface area contributed by atoms with Crippen LogP contribution in [0.2, 0.25) is 0 Å². The largest absolute Gasteiger partial charge is 0.370 e. The van der Waals surface area contributed by atoms with Gasteiger partial charge in [-0.1, -0.05) is 6.92 Å². The first-order valence-electron chi connectivity index (χ1n) is 5.91. The van der Waals surface area contributed by atoms with Gasteiger partial charge in [-0.3, -0.25) is 10.1 Å². The Labute approximate surface area is 118 Å². The first-order chi connectivity index (χ1) is 9.61. The lowest BCUT2D eigenvalue weighted by atomic mass is 10.4. The molecule has 0 saturated heterocycles. The highest BCUT2D eigenvalue weighted by molar-refractivity contribution is 7.99. The third kappa shape index (κ3) is 3.20. The summed E-state index contributed by atoms with van der Waals surface area (Å²) in [7, 11) is 1.66. The molecule has 0 unspecified atom stereocenters. The second-order valence-electron chi connectivity index (χ2n) is 3.89. The van der Waals surface area contributed by atoms with Crippen molar-refractivity contribution < 1.29 is 4.92 Å². The first-order valence-corrected chi connectivity index (χ1v) is 6.73. The lowest BCUT2D eigenvalue weighted by Gasteiger charge is -2.06. The number of hydrogen-bond acceptors (Lipinski definition) is 8. The van der Waals surface area contributed by atoms with E-state index in [4.69, 9.17) is 0 Å². The fourth-order valence-corrected chi connectivity index (χ4v) is 2.20. The van der Waals surface area contributed by atoms with E-state index in [0.29, 0.717) is 11.0 Å². The molecular weight excluding hydrogens is 282 g/mol. The summed E-state index contributed by atoms with van der Waals surface area (Å²) in [5.41, 5.74) is -0.0694. The van der Waals surface area contributed by atoms with Crippen LogP contribution in [0.4, 0.5) is 11.5 Å². The molecule has 0 atom stereocenters. The summed E-state index contributed by atoms with van der Waals surface area (Å²) in [5.74, 6) is 0.593.